The van der Waals surface area contributed by atoms with Crippen molar-refractivity contribution in [1.82, 2.24) is 9.55 Å². The van der Waals surface area contributed by atoms with Crippen LogP contribution in [0.1, 0.15) is 37.8 Å². The standard InChI is InChI=1S/C15H21N3S/c1-3-19-12-6-5-11(9-12)18-14-7-4-10(2)8-13(14)17-15(18)16/h4,7-8,11-12H,3,5-6,9H2,1-2H3,(H2,16,17). The molecule has 0 aliphatic heterocycles. The van der Waals surface area contributed by atoms with Crippen LogP contribution in [0.2, 0.25) is 0 Å². The van der Waals surface area contributed by atoms with Gasteiger partial charge < -0.3 is 10.3 Å². The number of fused-ring (bicyclic) bond motifs is 1. The molecular formula is C15H21N3S. The lowest BCUT2D eigenvalue weighted by atomic mass is 10.2. The maximum absolute atomic E-state index is 6.15. The molecule has 1 aromatic heterocycles. The van der Waals surface area contributed by atoms with Gasteiger partial charge in [-0.15, -0.1) is 0 Å². The summed E-state index contributed by atoms with van der Waals surface area (Å²) in [7, 11) is 0. The van der Waals surface area contributed by atoms with Gasteiger partial charge in [-0.25, -0.2) is 4.98 Å². The van der Waals surface area contributed by atoms with Gasteiger partial charge in [0.2, 0.25) is 5.95 Å². The Morgan fingerprint density at radius 2 is 2.26 bits per heavy atom. The Morgan fingerprint density at radius 3 is 3.05 bits per heavy atom. The molecule has 1 saturated carbocycles. The van der Waals surface area contributed by atoms with Crippen LogP contribution >= 0.6 is 11.8 Å². The number of aromatic nitrogens is 2. The highest BCUT2D eigenvalue weighted by atomic mass is 32.2. The van der Waals surface area contributed by atoms with Gasteiger partial charge in [-0.05, 0) is 49.6 Å². The smallest absolute Gasteiger partial charge is 0.201 e. The van der Waals surface area contributed by atoms with E-state index in [0.29, 0.717) is 12.0 Å². The molecule has 2 unspecified atom stereocenters. The van der Waals surface area contributed by atoms with E-state index >= 15 is 0 Å². The number of rotatable bonds is 3. The molecule has 1 heterocycles. The Labute approximate surface area is 118 Å². The molecule has 2 aromatic rings. The summed E-state index contributed by atoms with van der Waals surface area (Å²) in [6, 6.07) is 6.95. The van der Waals surface area contributed by atoms with Gasteiger partial charge in [0.05, 0.1) is 11.0 Å². The zero-order chi connectivity index (χ0) is 13.4. The van der Waals surface area contributed by atoms with Crippen molar-refractivity contribution in [3.8, 4) is 0 Å². The summed E-state index contributed by atoms with van der Waals surface area (Å²) in [6.45, 7) is 4.33. The number of imidazole rings is 1. The fourth-order valence-electron chi connectivity index (χ4n) is 3.15. The van der Waals surface area contributed by atoms with E-state index in [0.717, 1.165) is 10.8 Å². The van der Waals surface area contributed by atoms with Crippen LogP contribution < -0.4 is 5.73 Å². The van der Waals surface area contributed by atoms with Gasteiger partial charge in [0.25, 0.3) is 0 Å². The van der Waals surface area contributed by atoms with E-state index in [1.165, 1.54) is 36.1 Å². The van der Waals surface area contributed by atoms with Crippen LogP contribution in [-0.4, -0.2) is 20.6 Å². The zero-order valence-electron chi connectivity index (χ0n) is 11.6. The van der Waals surface area contributed by atoms with Gasteiger partial charge in [0, 0.05) is 11.3 Å². The fraction of sp³-hybridized carbons (Fsp3) is 0.533. The molecule has 4 heteroatoms. The Morgan fingerprint density at radius 1 is 1.42 bits per heavy atom. The molecule has 0 radical (unpaired) electrons. The molecule has 0 saturated heterocycles. The van der Waals surface area contributed by atoms with Gasteiger partial charge in [-0.1, -0.05) is 13.0 Å². The Kier molecular flexibility index (Phi) is 3.44. The first-order valence-electron chi connectivity index (χ1n) is 7.04. The van der Waals surface area contributed by atoms with Crippen molar-refractivity contribution in [3.05, 3.63) is 23.8 Å². The lowest BCUT2D eigenvalue weighted by molar-refractivity contribution is 0.540. The number of aryl methyl sites for hydroxylation is 1. The van der Waals surface area contributed by atoms with Crippen LogP contribution in [0.15, 0.2) is 18.2 Å². The quantitative estimate of drug-likeness (QED) is 0.927. The van der Waals surface area contributed by atoms with Crippen LogP contribution in [0.3, 0.4) is 0 Å². The molecule has 1 aliphatic carbocycles. The third-order valence-electron chi connectivity index (χ3n) is 4.00. The van der Waals surface area contributed by atoms with E-state index in [1.807, 2.05) is 0 Å². The monoisotopic (exact) mass is 275 g/mol. The number of anilines is 1. The fourth-order valence-corrected chi connectivity index (χ4v) is 4.28. The number of hydrogen-bond acceptors (Lipinski definition) is 3. The average Bonchev–Trinajstić information content (AvgIpc) is 2.92. The Bertz CT molecular complexity index is 590. The van der Waals surface area contributed by atoms with Crippen molar-refractivity contribution in [1.29, 1.82) is 0 Å². The summed E-state index contributed by atoms with van der Waals surface area (Å²) < 4.78 is 2.25. The topological polar surface area (TPSA) is 43.8 Å². The van der Waals surface area contributed by atoms with Gasteiger partial charge >= 0.3 is 0 Å². The predicted molar refractivity (Wildman–Crippen MR) is 83.7 cm³/mol. The first kappa shape index (κ1) is 12.9. The highest BCUT2D eigenvalue weighted by Gasteiger charge is 2.28. The SMILES string of the molecule is CCSC1CCC(n2c(N)nc3cc(C)ccc32)C1. The summed E-state index contributed by atoms with van der Waals surface area (Å²) >= 11 is 2.08. The lowest BCUT2D eigenvalue weighted by Crippen LogP contribution is -2.09. The first-order valence-corrected chi connectivity index (χ1v) is 8.09. The van der Waals surface area contributed by atoms with Gasteiger partial charge in [-0.3, -0.25) is 0 Å². The highest BCUT2D eigenvalue weighted by Crippen LogP contribution is 2.39. The Hall–Kier alpha value is -1.16. The van der Waals surface area contributed by atoms with Crippen LogP contribution in [0.4, 0.5) is 5.95 Å². The number of benzene rings is 1. The molecule has 0 spiro atoms. The maximum atomic E-state index is 6.15. The normalized spacial score (nSPS) is 23.3. The molecule has 3 rings (SSSR count). The summed E-state index contributed by atoms with van der Waals surface area (Å²) in [4.78, 5) is 4.52. The molecule has 1 aromatic carbocycles. The molecule has 2 atom stereocenters. The minimum absolute atomic E-state index is 0.525. The number of thioether (sulfide) groups is 1. The molecule has 102 valence electrons. The molecule has 1 fully saturated rings. The van der Waals surface area contributed by atoms with Crippen molar-refractivity contribution >= 4 is 28.7 Å². The number of hydrogen-bond donors (Lipinski definition) is 1. The zero-order valence-corrected chi connectivity index (χ0v) is 12.4. The van der Waals surface area contributed by atoms with E-state index in [1.54, 1.807) is 0 Å². The van der Waals surface area contributed by atoms with Gasteiger partial charge in [0.15, 0.2) is 0 Å². The second-order valence-corrected chi connectivity index (χ2v) is 6.95. The molecule has 2 N–H and O–H groups in total. The van der Waals surface area contributed by atoms with Crippen molar-refractivity contribution in [2.75, 3.05) is 11.5 Å². The number of nitrogen functional groups attached to an aromatic ring is 1. The van der Waals surface area contributed by atoms with Crippen molar-refractivity contribution in [2.45, 2.75) is 44.4 Å². The minimum atomic E-state index is 0.525. The minimum Gasteiger partial charge on any atom is -0.369 e. The second-order valence-electron chi connectivity index (χ2n) is 5.38. The summed E-state index contributed by atoms with van der Waals surface area (Å²) in [5.74, 6) is 1.88. The lowest BCUT2D eigenvalue weighted by Gasteiger charge is -2.15. The molecule has 0 amide bonds. The van der Waals surface area contributed by atoms with Crippen molar-refractivity contribution in [3.63, 3.8) is 0 Å². The van der Waals surface area contributed by atoms with Gasteiger partial charge in [-0.2, -0.15) is 11.8 Å². The van der Waals surface area contributed by atoms with Crippen LogP contribution in [0.5, 0.6) is 0 Å². The summed E-state index contributed by atoms with van der Waals surface area (Å²) in [6.07, 6.45) is 3.75. The van der Waals surface area contributed by atoms with Crippen LogP contribution in [-0.2, 0) is 0 Å². The molecule has 0 bridgehead atoms. The first-order chi connectivity index (χ1) is 9.19. The van der Waals surface area contributed by atoms with Crippen LogP contribution in [0.25, 0.3) is 11.0 Å². The highest BCUT2D eigenvalue weighted by molar-refractivity contribution is 7.99. The number of nitrogens with zero attached hydrogens (tertiary/aromatic N) is 2. The number of nitrogens with two attached hydrogens (primary N) is 1. The summed E-state index contributed by atoms with van der Waals surface area (Å²) in [5.41, 5.74) is 9.61. The summed E-state index contributed by atoms with van der Waals surface area (Å²) in [5, 5.41) is 0.789. The van der Waals surface area contributed by atoms with E-state index in [2.05, 4.69) is 53.4 Å². The largest absolute Gasteiger partial charge is 0.369 e. The van der Waals surface area contributed by atoms with E-state index in [-0.39, 0.29) is 0 Å². The molecule has 3 nitrogen and oxygen atoms in total. The second kappa shape index (κ2) is 5.08. The molecule has 1 aliphatic rings. The third kappa shape index (κ3) is 2.34. The van der Waals surface area contributed by atoms with E-state index in [4.69, 9.17) is 5.73 Å². The van der Waals surface area contributed by atoms with Crippen LogP contribution in [0, 0.1) is 6.92 Å². The Balaban J connectivity index is 1.95. The average molecular weight is 275 g/mol. The predicted octanol–water partition coefficient (Wildman–Crippen LogP) is 3.77. The van der Waals surface area contributed by atoms with E-state index in [9.17, 15) is 0 Å². The molecular weight excluding hydrogens is 254 g/mol. The van der Waals surface area contributed by atoms with Gasteiger partial charge in [0.1, 0.15) is 0 Å². The van der Waals surface area contributed by atoms with Crippen molar-refractivity contribution in [2.24, 2.45) is 0 Å². The molecule has 19 heavy (non-hydrogen) atoms. The van der Waals surface area contributed by atoms with Crippen molar-refractivity contribution < 1.29 is 0 Å². The maximum Gasteiger partial charge on any atom is 0.201 e. The third-order valence-corrected chi connectivity index (χ3v) is 5.23. The van der Waals surface area contributed by atoms with E-state index < -0.39 is 0 Å².